The van der Waals surface area contributed by atoms with E-state index < -0.39 is 0 Å². The van der Waals surface area contributed by atoms with E-state index in [-0.39, 0.29) is 6.04 Å². The van der Waals surface area contributed by atoms with Crippen molar-refractivity contribution in [1.29, 1.82) is 0 Å². The molecule has 3 aromatic rings. The minimum atomic E-state index is -0.0801. The van der Waals surface area contributed by atoms with Crippen LogP contribution >= 0.6 is 0 Å². The highest BCUT2D eigenvalue weighted by atomic mass is 16.5. The minimum absolute atomic E-state index is 0.0801. The summed E-state index contributed by atoms with van der Waals surface area (Å²) in [5, 5.41) is 5.73. The van der Waals surface area contributed by atoms with Crippen molar-refractivity contribution in [2.45, 2.75) is 12.5 Å². The van der Waals surface area contributed by atoms with Gasteiger partial charge >= 0.3 is 0 Å². The number of nitrogens with zero attached hydrogens (tertiary/aromatic N) is 2. The lowest BCUT2D eigenvalue weighted by Crippen LogP contribution is -2.30. The van der Waals surface area contributed by atoms with Crippen molar-refractivity contribution in [1.82, 2.24) is 9.78 Å². The van der Waals surface area contributed by atoms with Gasteiger partial charge in [-0.3, -0.25) is 4.68 Å². The highest BCUT2D eigenvalue weighted by Gasteiger charge is 2.12. The Morgan fingerprint density at radius 1 is 1.10 bits per heavy atom. The van der Waals surface area contributed by atoms with E-state index in [1.54, 1.807) is 0 Å². The summed E-state index contributed by atoms with van der Waals surface area (Å²) in [5.41, 5.74) is 8.33. The molecule has 2 aromatic carbocycles. The average Bonchev–Trinajstić information content (AvgIpc) is 2.83. The van der Waals surface area contributed by atoms with Gasteiger partial charge in [-0.25, -0.2) is 0 Å². The Bertz CT molecular complexity index is 721. The molecule has 1 aromatic heterocycles. The van der Waals surface area contributed by atoms with Crippen molar-refractivity contribution < 1.29 is 4.74 Å². The number of aromatic nitrogens is 2. The molecule has 3 rings (SSSR count). The normalized spacial score (nSPS) is 12.5. The smallest absolute Gasteiger partial charge is 0.119 e. The Hall–Kier alpha value is -2.33. The second kappa shape index (κ2) is 5.97. The number of ether oxygens (including phenoxy) is 1. The number of rotatable bonds is 5. The molecular weight excluding hydrogens is 262 g/mol. The van der Waals surface area contributed by atoms with Crippen LogP contribution in [0, 0.1) is 0 Å². The van der Waals surface area contributed by atoms with Gasteiger partial charge in [-0.1, -0.05) is 36.4 Å². The second-order valence-electron chi connectivity index (χ2n) is 5.18. The molecule has 0 bridgehead atoms. The van der Waals surface area contributed by atoms with E-state index in [0.29, 0.717) is 13.0 Å². The summed E-state index contributed by atoms with van der Waals surface area (Å²) in [6, 6.07) is 17.9. The quantitative estimate of drug-likeness (QED) is 0.782. The van der Waals surface area contributed by atoms with E-state index in [4.69, 9.17) is 10.5 Å². The van der Waals surface area contributed by atoms with Crippen LogP contribution in [0.4, 0.5) is 0 Å². The Morgan fingerprint density at radius 2 is 1.81 bits per heavy atom. The zero-order valence-electron chi connectivity index (χ0n) is 12.1. The van der Waals surface area contributed by atoms with Gasteiger partial charge in [0.1, 0.15) is 12.4 Å². The predicted octanol–water partition coefficient (Wildman–Crippen LogP) is 2.52. The molecule has 0 spiro atoms. The largest absolute Gasteiger partial charge is 0.492 e. The number of hydrogen-bond donors (Lipinski definition) is 1. The number of benzene rings is 2. The molecule has 0 fully saturated rings. The fourth-order valence-corrected chi connectivity index (χ4v) is 2.47. The molecule has 0 aliphatic rings. The topological polar surface area (TPSA) is 53.1 Å². The highest BCUT2D eigenvalue weighted by molar-refractivity contribution is 5.81. The summed E-state index contributed by atoms with van der Waals surface area (Å²) in [5.74, 6) is 0.846. The van der Waals surface area contributed by atoms with Gasteiger partial charge in [0.25, 0.3) is 0 Å². The van der Waals surface area contributed by atoms with Gasteiger partial charge in [-0.2, -0.15) is 5.10 Å². The van der Waals surface area contributed by atoms with E-state index in [0.717, 1.165) is 22.3 Å². The first kappa shape index (κ1) is 13.6. The maximum atomic E-state index is 6.18. The molecule has 2 N–H and O–H groups in total. The second-order valence-corrected chi connectivity index (χ2v) is 5.18. The number of hydrogen-bond acceptors (Lipinski definition) is 3. The maximum absolute atomic E-state index is 6.18. The summed E-state index contributed by atoms with van der Waals surface area (Å²) in [6.07, 6.45) is 0.703. The lowest BCUT2D eigenvalue weighted by Gasteiger charge is -2.12. The van der Waals surface area contributed by atoms with E-state index >= 15 is 0 Å². The summed E-state index contributed by atoms with van der Waals surface area (Å²) in [4.78, 5) is 0. The summed E-state index contributed by atoms with van der Waals surface area (Å²) < 4.78 is 7.60. The van der Waals surface area contributed by atoms with Crippen molar-refractivity contribution >= 4 is 10.9 Å². The van der Waals surface area contributed by atoms with E-state index in [1.165, 1.54) is 0 Å². The standard InChI is InChI=1S/C17H19N3O/c1-20-17-10-6-5-9-15(17)16(19-20)11-13(18)12-21-14-7-3-2-4-8-14/h2-10,13H,11-12,18H2,1H3. The zero-order valence-corrected chi connectivity index (χ0v) is 12.1. The van der Waals surface area contributed by atoms with Crippen molar-refractivity contribution in [3.05, 3.63) is 60.3 Å². The number of para-hydroxylation sites is 2. The molecule has 0 aliphatic heterocycles. The Kier molecular flexibility index (Phi) is 3.88. The maximum Gasteiger partial charge on any atom is 0.119 e. The summed E-state index contributed by atoms with van der Waals surface area (Å²) in [6.45, 7) is 0.481. The molecule has 0 saturated carbocycles. The van der Waals surface area contributed by atoms with Crippen molar-refractivity contribution in [3.63, 3.8) is 0 Å². The number of fused-ring (bicyclic) bond motifs is 1. The lowest BCUT2D eigenvalue weighted by atomic mass is 10.1. The third-order valence-electron chi connectivity index (χ3n) is 3.50. The van der Waals surface area contributed by atoms with Crippen LogP contribution in [0.2, 0.25) is 0 Å². The Labute approximate surface area is 124 Å². The van der Waals surface area contributed by atoms with Crippen LogP contribution in [0.3, 0.4) is 0 Å². The van der Waals surface area contributed by atoms with Gasteiger partial charge in [0.05, 0.1) is 11.2 Å². The number of aryl methyl sites for hydroxylation is 1. The fourth-order valence-electron chi connectivity index (χ4n) is 2.47. The molecular formula is C17H19N3O. The van der Waals surface area contributed by atoms with Crippen LogP contribution in [-0.4, -0.2) is 22.4 Å². The van der Waals surface area contributed by atoms with Crippen molar-refractivity contribution in [3.8, 4) is 5.75 Å². The molecule has 1 heterocycles. The fraction of sp³-hybridized carbons (Fsp3) is 0.235. The molecule has 4 nitrogen and oxygen atoms in total. The molecule has 4 heteroatoms. The van der Waals surface area contributed by atoms with E-state index in [1.807, 2.05) is 54.2 Å². The van der Waals surface area contributed by atoms with Crippen LogP contribution in [0.5, 0.6) is 5.75 Å². The van der Waals surface area contributed by atoms with Gasteiger partial charge in [0, 0.05) is 24.9 Å². The van der Waals surface area contributed by atoms with Crippen LogP contribution in [-0.2, 0) is 13.5 Å². The van der Waals surface area contributed by atoms with Gasteiger partial charge in [-0.15, -0.1) is 0 Å². The van der Waals surface area contributed by atoms with E-state index in [2.05, 4.69) is 17.2 Å². The summed E-state index contributed by atoms with van der Waals surface area (Å²) >= 11 is 0. The van der Waals surface area contributed by atoms with Gasteiger partial charge in [0.2, 0.25) is 0 Å². The van der Waals surface area contributed by atoms with Crippen LogP contribution in [0.25, 0.3) is 10.9 Å². The SMILES string of the molecule is Cn1nc(CC(N)COc2ccccc2)c2ccccc21. The molecule has 21 heavy (non-hydrogen) atoms. The van der Waals surface area contributed by atoms with Gasteiger partial charge in [0.15, 0.2) is 0 Å². The minimum Gasteiger partial charge on any atom is -0.492 e. The number of nitrogens with two attached hydrogens (primary N) is 1. The molecule has 0 aliphatic carbocycles. The highest BCUT2D eigenvalue weighted by Crippen LogP contribution is 2.18. The summed E-state index contributed by atoms with van der Waals surface area (Å²) in [7, 11) is 1.96. The molecule has 1 atom stereocenters. The van der Waals surface area contributed by atoms with Crippen LogP contribution in [0.15, 0.2) is 54.6 Å². The van der Waals surface area contributed by atoms with Crippen LogP contribution < -0.4 is 10.5 Å². The molecule has 108 valence electrons. The van der Waals surface area contributed by atoms with Crippen molar-refractivity contribution in [2.24, 2.45) is 12.8 Å². The van der Waals surface area contributed by atoms with E-state index in [9.17, 15) is 0 Å². The lowest BCUT2D eigenvalue weighted by molar-refractivity contribution is 0.287. The van der Waals surface area contributed by atoms with Gasteiger partial charge < -0.3 is 10.5 Å². The van der Waals surface area contributed by atoms with Crippen LogP contribution in [0.1, 0.15) is 5.69 Å². The van der Waals surface area contributed by atoms with Crippen molar-refractivity contribution in [2.75, 3.05) is 6.61 Å². The third kappa shape index (κ3) is 3.06. The molecule has 1 unspecified atom stereocenters. The third-order valence-corrected chi connectivity index (χ3v) is 3.50. The Morgan fingerprint density at radius 3 is 2.62 bits per heavy atom. The first-order valence-corrected chi connectivity index (χ1v) is 7.08. The van der Waals surface area contributed by atoms with Gasteiger partial charge in [-0.05, 0) is 18.2 Å². The zero-order chi connectivity index (χ0) is 14.7. The molecule has 0 amide bonds. The predicted molar refractivity (Wildman–Crippen MR) is 84.3 cm³/mol. The molecule has 0 radical (unpaired) electrons. The molecule has 0 saturated heterocycles. The first-order valence-electron chi connectivity index (χ1n) is 7.08. The Balaban J connectivity index is 1.68. The first-order chi connectivity index (χ1) is 10.2. The average molecular weight is 281 g/mol. The monoisotopic (exact) mass is 281 g/mol.